The Bertz CT molecular complexity index is 517. The van der Waals surface area contributed by atoms with E-state index in [1.165, 1.54) is 24.2 Å². The molecule has 1 aliphatic rings. The molecule has 1 aromatic rings. The first kappa shape index (κ1) is 15.4. The van der Waals surface area contributed by atoms with E-state index in [9.17, 15) is 4.79 Å². The number of hydrogen-bond acceptors (Lipinski definition) is 2. The predicted molar refractivity (Wildman–Crippen MR) is 85.7 cm³/mol. The molecule has 0 aliphatic heterocycles. The predicted octanol–water partition coefficient (Wildman–Crippen LogP) is 2.90. The van der Waals surface area contributed by atoms with Gasteiger partial charge in [0, 0.05) is 6.54 Å². The van der Waals surface area contributed by atoms with Crippen LogP contribution in [0.1, 0.15) is 36.8 Å². The van der Waals surface area contributed by atoms with Crippen molar-refractivity contribution < 1.29 is 4.79 Å². The van der Waals surface area contributed by atoms with Gasteiger partial charge in [-0.2, -0.15) is 0 Å². The molecule has 0 bridgehead atoms. The number of carbonyl (C=O) groups excluding carboxylic acids is 1. The molecule has 2 amide bonds. The highest BCUT2D eigenvalue weighted by Crippen LogP contribution is 2.29. The van der Waals surface area contributed by atoms with Crippen LogP contribution in [0.15, 0.2) is 18.2 Å². The van der Waals surface area contributed by atoms with E-state index < -0.39 is 0 Å². The first-order valence-corrected chi connectivity index (χ1v) is 7.49. The summed E-state index contributed by atoms with van der Waals surface area (Å²) >= 11 is 0. The molecule has 21 heavy (non-hydrogen) atoms. The Morgan fingerprint density at radius 3 is 2.48 bits per heavy atom. The second-order valence-electron chi connectivity index (χ2n) is 5.78. The van der Waals surface area contributed by atoms with E-state index in [0.29, 0.717) is 12.2 Å². The maximum absolute atomic E-state index is 12.4. The molecule has 0 unspecified atom stereocenters. The van der Waals surface area contributed by atoms with E-state index in [4.69, 9.17) is 11.1 Å². The second-order valence-corrected chi connectivity index (χ2v) is 5.78. The Balaban J connectivity index is 2.07. The van der Waals surface area contributed by atoms with Crippen LogP contribution in [0, 0.1) is 25.2 Å². The second kappa shape index (κ2) is 6.61. The Morgan fingerprint density at radius 1 is 1.38 bits per heavy atom. The minimum absolute atomic E-state index is 0.256. The molecule has 1 aliphatic carbocycles. The van der Waals surface area contributed by atoms with Crippen LogP contribution in [0.2, 0.25) is 0 Å². The molecule has 0 saturated heterocycles. The summed E-state index contributed by atoms with van der Waals surface area (Å²) in [6, 6.07) is 5.44. The molecule has 0 heterocycles. The molecule has 2 rings (SSSR count). The molecule has 0 atom stereocenters. The van der Waals surface area contributed by atoms with Crippen molar-refractivity contribution in [1.29, 1.82) is 5.41 Å². The third-order valence-electron chi connectivity index (χ3n) is 4.16. The van der Waals surface area contributed by atoms with Crippen molar-refractivity contribution in [2.75, 3.05) is 11.4 Å². The summed E-state index contributed by atoms with van der Waals surface area (Å²) in [6.07, 6.45) is 4.84. The standard InChI is InChI=1S/C16H24N4O/c1-11-5-3-6-12(2)14(11)20(15(17)18)16(21)19-10-9-13-7-4-8-13/h3,5-6,13H,4,7-10H2,1-2H3,(H3,17,18)(H,19,21). The number of rotatable bonds is 4. The molecule has 4 N–H and O–H groups in total. The first-order chi connectivity index (χ1) is 10.0. The van der Waals surface area contributed by atoms with Gasteiger partial charge in [-0.3, -0.25) is 5.41 Å². The lowest BCUT2D eigenvalue weighted by Gasteiger charge is -2.27. The number of nitrogens with two attached hydrogens (primary N) is 1. The van der Waals surface area contributed by atoms with E-state index in [0.717, 1.165) is 23.5 Å². The van der Waals surface area contributed by atoms with E-state index in [-0.39, 0.29) is 12.0 Å². The maximum atomic E-state index is 12.4. The molecule has 0 aromatic heterocycles. The lowest BCUT2D eigenvalue weighted by molar-refractivity contribution is 0.244. The zero-order valence-electron chi connectivity index (χ0n) is 12.8. The fourth-order valence-electron chi connectivity index (χ4n) is 2.73. The quantitative estimate of drug-likeness (QED) is 0.588. The number of guanidine groups is 1. The fourth-order valence-corrected chi connectivity index (χ4v) is 2.73. The summed E-state index contributed by atoms with van der Waals surface area (Å²) in [4.78, 5) is 13.6. The van der Waals surface area contributed by atoms with Gasteiger partial charge in [0.1, 0.15) is 0 Å². The van der Waals surface area contributed by atoms with Crippen molar-refractivity contribution in [2.45, 2.75) is 39.5 Å². The molecule has 1 saturated carbocycles. The Kier molecular flexibility index (Phi) is 4.83. The van der Waals surface area contributed by atoms with Crippen LogP contribution in [-0.2, 0) is 0 Å². The van der Waals surface area contributed by atoms with Gasteiger partial charge < -0.3 is 11.1 Å². The lowest BCUT2D eigenvalue weighted by Crippen LogP contribution is -2.48. The zero-order chi connectivity index (χ0) is 15.4. The summed E-state index contributed by atoms with van der Waals surface area (Å²) < 4.78 is 0. The van der Waals surface area contributed by atoms with Crippen molar-refractivity contribution in [2.24, 2.45) is 11.7 Å². The molecular weight excluding hydrogens is 264 g/mol. The van der Waals surface area contributed by atoms with Crippen molar-refractivity contribution in [3.05, 3.63) is 29.3 Å². The number of carbonyl (C=O) groups is 1. The van der Waals surface area contributed by atoms with Gasteiger partial charge in [0.2, 0.25) is 5.96 Å². The van der Waals surface area contributed by atoms with Crippen molar-refractivity contribution in [1.82, 2.24) is 5.32 Å². The Morgan fingerprint density at radius 2 is 2.00 bits per heavy atom. The molecule has 1 fully saturated rings. The van der Waals surface area contributed by atoms with Gasteiger partial charge in [-0.15, -0.1) is 0 Å². The van der Waals surface area contributed by atoms with Gasteiger partial charge in [0.15, 0.2) is 0 Å². The zero-order valence-corrected chi connectivity index (χ0v) is 12.8. The third-order valence-corrected chi connectivity index (χ3v) is 4.16. The van der Waals surface area contributed by atoms with Gasteiger partial charge in [-0.05, 0) is 37.3 Å². The number of urea groups is 1. The summed E-state index contributed by atoms with van der Waals surface area (Å²) in [6.45, 7) is 4.47. The van der Waals surface area contributed by atoms with E-state index in [2.05, 4.69) is 5.32 Å². The number of anilines is 1. The minimum Gasteiger partial charge on any atom is -0.369 e. The van der Waals surface area contributed by atoms with E-state index >= 15 is 0 Å². The Hall–Kier alpha value is -2.04. The third kappa shape index (κ3) is 3.54. The highest BCUT2D eigenvalue weighted by atomic mass is 16.2. The van der Waals surface area contributed by atoms with E-state index in [1.54, 1.807) is 0 Å². The number of para-hydroxylation sites is 1. The van der Waals surface area contributed by atoms with E-state index in [1.807, 2.05) is 32.0 Å². The highest BCUT2D eigenvalue weighted by molar-refractivity contribution is 6.14. The molecule has 5 heteroatoms. The molecule has 1 aromatic carbocycles. The van der Waals surface area contributed by atoms with Gasteiger partial charge in [-0.1, -0.05) is 37.5 Å². The van der Waals surface area contributed by atoms with Crippen LogP contribution in [-0.4, -0.2) is 18.5 Å². The van der Waals surface area contributed by atoms with Crippen LogP contribution in [0.3, 0.4) is 0 Å². The maximum Gasteiger partial charge on any atom is 0.328 e. The number of nitrogens with one attached hydrogen (secondary N) is 2. The first-order valence-electron chi connectivity index (χ1n) is 7.49. The van der Waals surface area contributed by atoms with Crippen LogP contribution in [0.5, 0.6) is 0 Å². The number of nitrogens with zero attached hydrogens (tertiary/aromatic N) is 1. The summed E-state index contributed by atoms with van der Waals surface area (Å²) in [5.74, 6) is 0.491. The van der Waals surface area contributed by atoms with Crippen LogP contribution < -0.4 is 16.0 Å². The summed E-state index contributed by atoms with van der Waals surface area (Å²) in [7, 11) is 0. The van der Waals surface area contributed by atoms with Crippen LogP contribution >= 0.6 is 0 Å². The summed E-state index contributed by atoms with van der Waals surface area (Å²) in [5, 5.41) is 10.6. The van der Waals surface area contributed by atoms with Gasteiger partial charge in [0.25, 0.3) is 0 Å². The molecule has 5 nitrogen and oxygen atoms in total. The van der Waals surface area contributed by atoms with Gasteiger partial charge in [0.05, 0.1) is 5.69 Å². The van der Waals surface area contributed by atoms with Gasteiger partial charge in [-0.25, -0.2) is 9.69 Å². The fraction of sp³-hybridized carbons (Fsp3) is 0.500. The largest absolute Gasteiger partial charge is 0.369 e. The molecule has 114 valence electrons. The molecule has 0 radical (unpaired) electrons. The van der Waals surface area contributed by atoms with Gasteiger partial charge >= 0.3 is 6.03 Å². The topological polar surface area (TPSA) is 82.2 Å². The van der Waals surface area contributed by atoms with Crippen molar-refractivity contribution in [3.8, 4) is 0 Å². The average Bonchev–Trinajstić information content (AvgIpc) is 2.36. The lowest BCUT2D eigenvalue weighted by atomic mass is 9.83. The Labute approximate surface area is 126 Å². The summed E-state index contributed by atoms with van der Waals surface area (Å²) in [5.41, 5.74) is 8.18. The molecule has 0 spiro atoms. The van der Waals surface area contributed by atoms with Crippen molar-refractivity contribution >= 4 is 17.7 Å². The van der Waals surface area contributed by atoms with Crippen LogP contribution in [0.25, 0.3) is 0 Å². The average molecular weight is 288 g/mol. The number of amides is 2. The number of benzene rings is 1. The van der Waals surface area contributed by atoms with Crippen molar-refractivity contribution in [3.63, 3.8) is 0 Å². The van der Waals surface area contributed by atoms with Crippen LogP contribution in [0.4, 0.5) is 10.5 Å². The highest BCUT2D eigenvalue weighted by Gasteiger charge is 2.23. The normalized spacial score (nSPS) is 14.4. The SMILES string of the molecule is Cc1cccc(C)c1N(C(=N)N)C(=O)NCCC1CCC1. The monoisotopic (exact) mass is 288 g/mol. The number of aryl methyl sites for hydroxylation is 2. The minimum atomic E-state index is -0.320. The number of hydrogen-bond donors (Lipinski definition) is 3. The molecular formula is C16H24N4O. The smallest absolute Gasteiger partial charge is 0.328 e.